The van der Waals surface area contributed by atoms with Gasteiger partial charge in [0.25, 0.3) is 0 Å². The molecule has 1 spiro atoms. The second kappa shape index (κ2) is 8.39. The summed E-state index contributed by atoms with van der Waals surface area (Å²) in [7, 11) is 4.50. The first-order chi connectivity index (χ1) is 15.3. The zero-order chi connectivity index (χ0) is 23.0. The Kier molecular flexibility index (Phi) is 5.77. The molecule has 2 aliphatic rings. The van der Waals surface area contributed by atoms with Gasteiger partial charge in [-0.1, -0.05) is 30.7 Å². The third-order valence-electron chi connectivity index (χ3n) is 5.83. The van der Waals surface area contributed by atoms with Crippen molar-refractivity contribution in [1.29, 1.82) is 0 Å². The van der Waals surface area contributed by atoms with Crippen LogP contribution in [0.25, 0.3) is 0 Å². The molecule has 1 aliphatic heterocycles. The molecule has 0 saturated carbocycles. The van der Waals surface area contributed by atoms with Crippen LogP contribution in [0, 0.1) is 5.92 Å². The molecule has 4 rings (SSSR count). The Morgan fingerprint density at radius 3 is 2.38 bits per heavy atom. The van der Waals surface area contributed by atoms with E-state index in [9.17, 15) is 9.59 Å². The average Bonchev–Trinajstić information content (AvgIpc) is 3.11. The van der Waals surface area contributed by atoms with Gasteiger partial charge in [0, 0.05) is 24.5 Å². The highest BCUT2D eigenvalue weighted by atomic mass is 35.5. The fraction of sp³-hybridized carbons (Fsp3) is 0.333. The quantitative estimate of drug-likeness (QED) is 0.635. The van der Waals surface area contributed by atoms with Crippen LogP contribution in [0.1, 0.15) is 29.3 Å². The molecular formula is C24H23ClO7. The number of ketones is 2. The molecule has 32 heavy (non-hydrogen) atoms. The van der Waals surface area contributed by atoms with Gasteiger partial charge in [0.15, 0.2) is 17.3 Å². The number of methoxy groups -OCH3 is 3. The Bertz CT molecular complexity index is 1110. The second-order valence-electron chi connectivity index (χ2n) is 7.68. The molecule has 7 nitrogen and oxygen atoms in total. The number of allylic oxidation sites excluding steroid dienone is 1. The lowest BCUT2D eigenvalue weighted by molar-refractivity contribution is -0.118. The number of halogens is 1. The normalized spacial score (nSPS) is 21.7. The van der Waals surface area contributed by atoms with E-state index in [0.29, 0.717) is 11.5 Å². The van der Waals surface area contributed by atoms with E-state index in [1.807, 2.05) is 24.3 Å². The van der Waals surface area contributed by atoms with Gasteiger partial charge in [-0.05, 0) is 17.7 Å². The molecule has 1 heterocycles. The highest BCUT2D eigenvalue weighted by molar-refractivity contribution is 6.35. The molecule has 2 aromatic rings. The number of carbonyl (C=O) groups is 2. The molecule has 0 saturated heterocycles. The number of Topliss-reactive ketones (excluding diaryl/α,β-unsaturated/α-hetero) is 1. The molecule has 0 bridgehead atoms. The van der Waals surface area contributed by atoms with Gasteiger partial charge in [0.1, 0.15) is 34.4 Å². The molecule has 2 aromatic carbocycles. The monoisotopic (exact) mass is 458 g/mol. The standard InChI is InChI=1S/C24H23ClO7/c1-13-9-15(26)10-19(31-12-14-5-7-16(28-2)8-6-14)24(13)23(27)20-17(29-3)11-18(30-4)21(25)22(20)32-24/h5-8,10-11,13H,9,12H2,1-4H3/t13-,24+/m1/s1. The number of hydrogen-bond acceptors (Lipinski definition) is 7. The minimum Gasteiger partial charge on any atom is -0.497 e. The molecule has 0 amide bonds. The zero-order valence-electron chi connectivity index (χ0n) is 18.2. The van der Waals surface area contributed by atoms with E-state index in [1.165, 1.54) is 20.3 Å². The van der Waals surface area contributed by atoms with Gasteiger partial charge in [0.2, 0.25) is 11.4 Å². The predicted molar refractivity (Wildman–Crippen MR) is 117 cm³/mol. The van der Waals surface area contributed by atoms with Crippen molar-refractivity contribution in [3.63, 3.8) is 0 Å². The summed E-state index contributed by atoms with van der Waals surface area (Å²) in [6.45, 7) is 1.92. The Labute approximate surface area is 190 Å². The molecule has 0 unspecified atom stereocenters. The minimum absolute atomic E-state index is 0.131. The third kappa shape index (κ3) is 3.37. The number of fused-ring (bicyclic) bond motifs is 1. The van der Waals surface area contributed by atoms with Crippen LogP contribution in [-0.4, -0.2) is 38.5 Å². The van der Waals surface area contributed by atoms with Crippen LogP contribution in [0.5, 0.6) is 23.0 Å². The SMILES string of the molecule is COc1ccc(COC2=CC(=O)C[C@@H](C)[C@]23Oc2c(Cl)c(OC)cc(OC)c2C3=O)cc1. The highest BCUT2D eigenvalue weighted by Gasteiger charge is 2.60. The van der Waals surface area contributed by atoms with Crippen molar-refractivity contribution < 1.29 is 33.3 Å². The van der Waals surface area contributed by atoms with E-state index in [-0.39, 0.29) is 52.4 Å². The van der Waals surface area contributed by atoms with Crippen LogP contribution in [0.3, 0.4) is 0 Å². The second-order valence-corrected chi connectivity index (χ2v) is 8.06. The average molecular weight is 459 g/mol. The topological polar surface area (TPSA) is 80.3 Å². The van der Waals surface area contributed by atoms with Crippen LogP contribution in [0.15, 0.2) is 42.2 Å². The molecule has 0 radical (unpaired) electrons. The Balaban J connectivity index is 1.74. The summed E-state index contributed by atoms with van der Waals surface area (Å²) in [6, 6.07) is 8.85. The van der Waals surface area contributed by atoms with Crippen LogP contribution in [-0.2, 0) is 16.1 Å². The maximum atomic E-state index is 13.8. The molecule has 0 fully saturated rings. The lowest BCUT2D eigenvalue weighted by atomic mass is 9.75. The maximum absolute atomic E-state index is 13.8. The summed E-state index contributed by atoms with van der Waals surface area (Å²) >= 11 is 6.48. The Hall–Kier alpha value is -3.19. The van der Waals surface area contributed by atoms with Crippen molar-refractivity contribution in [3.05, 3.63) is 58.3 Å². The van der Waals surface area contributed by atoms with E-state index in [4.69, 9.17) is 35.3 Å². The first-order valence-corrected chi connectivity index (χ1v) is 10.4. The van der Waals surface area contributed by atoms with Gasteiger partial charge in [-0.3, -0.25) is 9.59 Å². The zero-order valence-corrected chi connectivity index (χ0v) is 18.9. The summed E-state index contributed by atoms with van der Waals surface area (Å²) in [5.74, 6) is 0.621. The molecule has 0 N–H and O–H groups in total. The molecule has 2 atom stereocenters. The van der Waals surface area contributed by atoms with Gasteiger partial charge in [-0.15, -0.1) is 0 Å². The van der Waals surface area contributed by atoms with Gasteiger partial charge in [0.05, 0.1) is 21.3 Å². The van der Waals surface area contributed by atoms with Crippen LogP contribution in [0.4, 0.5) is 0 Å². The number of ether oxygens (including phenoxy) is 5. The van der Waals surface area contributed by atoms with Crippen molar-refractivity contribution in [3.8, 4) is 23.0 Å². The van der Waals surface area contributed by atoms with Crippen LogP contribution >= 0.6 is 11.6 Å². The van der Waals surface area contributed by atoms with E-state index in [1.54, 1.807) is 20.1 Å². The van der Waals surface area contributed by atoms with Crippen molar-refractivity contribution >= 4 is 23.2 Å². The van der Waals surface area contributed by atoms with E-state index < -0.39 is 11.5 Å². The largest absolute Gasteiger partial charge is 0.497 e. The first-order valence-electron chi connectivity index (χ1n) is 10.0. The fourth-order valence-corrected chi connectivity index (χ4v) is 4.39. The van der Waals surface area contributed by atoms with E-state index >= 15 is 0 Å². The Morgan fingerprint density at radius 1 is 1.06 bits per heavy atom. The number of rotatable bonds is 6. The maximum Gasteiger partial charge on any atom is 0.231 e. The summed E-state index contributed by atoms with van der Waals surface area (Å²) in [4.78, 5) is 26.2. The smallest absolute Gasteiger partial charge is 0.231 e. The number of benzene rings is 2. The number of carbonyl (C=O) groups excluding carboxylic acids is 2. The van der Waals surface area contributed by atoms with Gasteiger partial charge in [-0.25, -0.2) is 0 Å². The summed E-state index contributed by atoms with van der Waals surface area (Å²) < 4.78 is 28.2. The summed E-state index contributed by atoms with van der Waals surface area (Å²) in [5, 5.41) is 0.159. The van der Waals surface area contributed by atoms with Crippen molar-refractivity contribution in [2.45, 2.75) is 25.6 Å². The first kappa shape index (κ1) is 22.0. The van der Waals surface area contributed by atoms with Crippen molar-refractivity contribution in [1.82, 2.24) is 0 Å². The van der Waals surface area contributed by atoms with Gasteiger partial charge in [-0.2, -0.15) is 0 Å². The predicted octanol–water partition coefficient (Wildman–Crippen LogP) is 4.39. The van der Waals surface area contributed by atoms with E-state index in [2.05, 4.69) is 0 Å². The highest BCUT2D eigenvalue weighted by Crippen LogP contribution is 2.54. The molecule has 168 valence electrons. The lowest BCUT2D eigenvalue weighted by Crippen LogP contribution is -2.51. The summed E-state index contributed by atoms with van der Waals surface area (Å²) in [6.07, 6.45) is 1.47. The van der Waals surface area contributed by atoms with Gasteiger partial charge < -0.3 is 23.7 Å². The molecule has 8 heteroatoms. The van der Waals surface area contributed by atoms with Crippen molar-refractivity contribution in [2.75, 3.05) is 21.3 Å². The molecule has 1 aliphatic carbocycles. The fourth-order valence-electron chi connectivity index (χ4n) is 4.12. The van der Waals surface area contributed by atoms with Gasteiger partial charge >= 0.3 is 0 Å². The number of hydrogen-bond donors (Lipinski definition) is 0. The Morgan fingerprint density at radius 2 is 1.75 bits per heavy atom. The summed E-state index contributed by atoms with van der Waals surface area (Å²) in [5.41, 5.74) is -0.474. The minimum atomic E-state index is -1.52. The van der Waals surface area contributed by atoms with Crippen molar-refractivity contribution in [2.24, 2.45) is 5.92 Å². The molecular weight excluding hydrogens is 436 g/mol. The van der Waals surface area contributed by atoms with Crippen LogP contribution in [0.2, 0.25) is 5.02 Å². The third-order valence-corrected chi connectivity index (χ3v) is 6.19. The van der Waals surface area contributed by atoms with E-state index in [0.717, 1.165) is 5.56 Å². The lowest BCUT2D eigenvalue weighted by Gasteiger charge is -2.37. The molecule has 0 aromatic heterocycles. The van der Waals surface area contributed by atoms with Crippen LogP contribution < -0.4 is 18.9 Å².